The number of halogens is 1. The van der Waals surface area contributed by atoms with Gasteiger partial charge in [-0.05, 0) is 42.0 Å². The summed E-state index contributed by atoms with van der Waals surface area (Å²) in [7, 11) is 0. The molecule has 0 atom stereocenters. The SMILES string of the molecule is O=C(Nc1cccc(COc2cccc(F)c2)c1)c1ccc[nH]c1=S. The van der Waals surface area contributed by atoms with Crippen LogP contribution in [0, 0.1) is 10.5 Å². The van der Waals surface area contributed by atoms with Crippen molar-refractivity contribution in [2.75, 3.05) is 5.32 Å². The van der Waals surface area contributed by atoms with Gasteiger partial charge in [0.05, 0.1) is 5.56 Å². The molecule has 0 aliphatic rings. The number of rotatable bonds is 5. The summed E-state index contributed by atoms with van der Waals surface area (Å²) in [5.74, 6) is -0.187. The van der Waals surface area contributed by atoms with Gasteiger partial charge in [-0.2, -0.15) is 0 Å². The molecule has 4 nitrogen and oxygen atoms in total. The zero-order valence-corrected chi connectivity index (χ0v) is 14.0. The summed E-state index contributed by atoms with van der Waals surface area (Å²) in [5, 5.41) is 2.81. The molecule has 3 rings (SSSR count). The second-order valence-corrected chi connectivity index (χ2v) is 5.72. The highest BCUT2D eigenvalue weighted by atomic mass is 32.1. The van der Waals surface area contributed by atoms with E-state index in [2.05, 4.69) is 10.3 Å². The Morgan fingerprint density at radius 1 is 1.12 bits per heavy atom. The number of carbonyl (C=O) groups is 1. The molecule has 6 heteroatoms. The average Bonchev–Trinajstić information content (AvgIpc) is 2.61. The number of aromatic nitrogens is 1. The Morgan fingerprint density at radius 3 is 2.76 bits per heavy atom. The van der Waals surface area contributed by atoms with Gasteiger partial charge in [-0.15, -0.1) is 0 Å². The first-order valence-electron chi connectivity index (χ1n) is 7.58. The summed E-state index contributed by atoms with van der Waals surface area (Å²) in [6.07, 6.45) is 1.67. The van der Waals surface area contributed by atoms with Crippen LogP contribution in [-0.4, -0.2) is 10.9 Å². The van der Waals surface area contributed by atoms with Gasteiger partial charge < -0.3 is 15.0 Å². The van der Waals surface area contributed by atoms with E-state index in [4.69, 9.17) is 17.0 Å². The van der Waals surface area contributed by atoms with E-state index >= 15 is 0 Å². The molecule has 0 bridgehead atoms. The van der Waals surface area contributed by atoms with Crippen molar-refractivity contribution in [1.82, 2.24) is 4.98 Å². The maximum absolute atomic E-state index is 13.2. The molecule has 1 aromatic heterocycles. The number of benzene rings is 2. The zero-order valence-electron chi connectivity index (χ0n) is 13.2. The van der Waals surface area contributed by atoms with E-state index in [-0.39, 0.29) is 18.3 Å². The Labute approximate surface area is 149 Å². The predicted octanol–water partition coefficient (Wildman–Crippen LogP) is 4.71. The minimum absolute atomic E-state index is 0.262. The number of H-pyrrole nitrogens is 1. The summed E-state index contributed by atoms with van der Waals surface area (Å²) in [5.41, 5.74) is 1.88. The first-order valence-corrected chi connectivity index (χ1v) is 7.99. The molecular weight excluding hydrogens is 339 g/mol. The summed E-state index contributed by atoms with van der Waals surface area (Å²) in [4.78, 5) is 15.1. The van der Waals surface area contributed by atoms with Gasteiger partial charge >= 0.3 is 0 Å². The lowest BCUT2D eigenvalue weighted by atomic mass is 10.2. The standard InChI is InChI=1S/C19H15FN2O2S/c20-14-5-2-7-16(11-14)24-12-13-4-1-6-15(10-13)22-18(23)17-8-3-9-21-19(17)25/h1-11H,12H2,(H,21,25)(H,22,23). The van der Waals surface area contributed by atoms with Crippen LogP contribution in [0.25, 0.3) is 0 Å². The zero-order chi connectivity index (χ0) is 17.6. The summed E-state index contributed by atoms with van der Waals surface area (Å²) < 4.78 is 19.1. The van der Waals surface area contributed by atoms with Gasteiger partial charge in [-0.1, -0.05) is 30.4 Å². The van der Waals surface area contributed by atoms with Crippen molar-refractivity contribution in [3.63, 3.8) is 0 Å². The molecule has 2 N–H and O–H groups in total. The second kappa shape index (κ2) is 7.72. The number of nitrogens with one attached hydrogen (secondary N) is 2. The third-order valence-corrected chi connectivity index (χ3v) is 3.79. The monoisotopic (exact) mass is 354 g/mol. The molecule has 0 saturated heterocycles. The van der Waals surface area contributed by atoms with E-state index in [9.17, 15) is 9.18 Å². The Bertz CT molecular complexity index is 956. The van der Waals surface area contributed by atoms with Crippen molar-refractivity contribution in [2.45, 2.75) is 6.61 Å². The minimum Gasteiger partial charge on any atom is -0.489 e. The Hall–Kier alpha value is -2.99. The first-order chi connectivity index (χ1) is 12.1. The van der Waals surface area contributed by atoms with Gasteiger partial charge in [0, 0.05) is 18.0 Å². The largest absolute Gasteiger partial charge is 0.489 e. The van der Waals surface area contributed by atoms with Gasteiger partial charge in [0.2, 0.25) is 0 Å². The van der Waals surface area contributed by atoms with Crippen LogP contribution in [0.3, 0.4) is 0 Å². The highest BCUT2D eigenvalue weighted by Gasteiger charge is 2.08. The van der Waals surface area contributed by atoms with E-state index in [1.54, 1.807) is 42.6 Å². The van der Waals surface area contributed by atoms with E-state index in [0.29, 0.717) is 21.6 Å². The van der Waals surface area contributed by atoms with Gasteiger partial charge in [0.15, 0.2) is 0 Å². The summed E-state index contributed by atoms with van der Waals surface area (Å²) in [6.45, 7) is 0.262. The smallest absolute Gasteiger partial charge is 0.258 e. The molecule has 1 amide bonds. The van der Waals surface area contributed by atoms with E-state index in [1.807, 2.05) is 12.1 Å². The molecule has 0 aliphatic heterocycles. The number of anilines is 1. The fourth-order valence-electron chi connectivity index (χ4n) is 2.26. The molecule has 0 unspecified atom stereocenters. The molecular formula is C19H15FN2O2S. The highest BCUT2D eigenvalue weighted by Crippen LogP contribution is 2.17. The summed E-state index contributed by atoms with van der Waals surface area (Å²) >= 11 is 5.11. The lowest BCUT2D eigenvalue weighted by Crippen LogP contribution is -2.13. The first kappa shape index (κ1) is 16.9. The van der Waals surface area contributed by atoms with Crippen molar-refractivity contribution in [3.8, 4) is 5.75 Å². The molecule has 0 spiro atoms. The van der Waals surface area contributed by atoms with Crippen LogP contribution < -0.4 is 10.1 Å². The van der Waals surface area contributed by atoms with Crippen LogP contribution in [0.5, 0.6) is 5.75 Å². The van der Waals surface area contributed by atoms with E-state index in [1.165, 1.54) is 12.1 Å². The van der Waals surface area contributed by atoms with Gasteiger partial charge in [-0.3, -0.25) is 4.79 Å². The van der Waals surface area contributed by atoms with Crippen LogP contribution in [0.15, 0.2) is 66.9 Å². The highest BCUT2D eigenvalue weighted by molar-refractivity contribution is 7.71. The number of carbonyl (C=O) groups excluding carboxylic acids is 1. The van der Waals surface area contributed by atoms with Crippen molar-refractivity contribution >= 4 is 23.8 Å². The van der Waals surface area contributed by atoms with Crippen LogP contribution in [0.4, 0.5) is 10.1 Å². The molecule has 126 valence electrons. The minimum atomic E-state index is -0.349. The molecule has 0 aliphatic carbocycles. The fraction of sp³-hybridized carbons (Fsp3) is 0.0526. The Morgan fingerprint density at radius 2 is 1.96 bits per heavy atom. The fourth-order valence-corrected chi connectivity index (χ4v) is 2.49. The maximum Gasteiger partial charge on any atom is 0.258 e. The molecule has 1 heterocycles. The summed E-state index contributed by atoms with van der Waals surface area (Å²) in [6, 6.07) is 16.6. The lowest BCUT2D eigenvalue weighted by Gasteiger charge is -2.09. The Balaban J connectivity index is 1.68. The van der Waals surface area contributed by atoms with Crippen LogP contribution >= 0.6 is 12.2 Å². The van der Waals surface area contributed by atoms with Crippen molar-refractivity contribution in [1.29, 1.82) is 0 Å². The average molecular weight is 354 g/mol. The maximum atomic E-state index is 13.2. The molecule has 0 saturated carbocycles. The topological polar surface area (TPSA) is 54.1 Å². The number of hydrogen-bond acceptors (Lipinski definition) is 3. The van der Waals surface area contributed by atoms with Gasteiger partial charge in [0.1, 0.15) is 22.8 Å². The molecule has 2 aromatic carbocycles. The molecule has 0 fully saturated rings. The van der Waals surface area contributed by atoms with E-state index in [0.717, 1.165) is 5.56 Å². The lowest BCUT2D eigenvalue weighted by molar-refractivity contribution is 0.102. The van der Waals surface area contributed by atoms with Crippen molar-refractivity contribution in [3.05, 3.63) is 88.4 Å². The predicted molar refractivity (Wildman–Crippen MR) is 96.8 cm³/mol. The number of ether oxygens (including phenoxy) is 1. The van der Waals surface area contributed by atoms with E-state index < -0.39 is 0 Å². The van der Waals surface area contributed by atoms with Crippen LogP contribution in [0.2, 0.25) is 0 Å². The van der Waals surface area contributed by atoms with Crippen LogP contribution in [0.1, 0.15) is 15.9 Å². The number of aromatic amines is 1. The van der Waals surface area contributed by atoms with Gasteiger partial charge in [-0.25, -0.2) is 4.39 Å². The van der Waals surface area contributed by atoms with Crippen molar-refractivity contribution < 1.29 is 13.9 Å². The molecule has 3 aromatic rings. The quantitative estimate of drug-likeness (QED) is 0.652. The Kier molecular flexibility index (Phi) is 5.20. The number of hydrogen-bond donors (Lipinski definition) is 2. The number of amides is 1. The molecule has 0 radical (unpaired) electrons. The second-order valence-electron chi connectivity index (χ2n) is 5.31. The third-order valence-electron chi connectivity index (χ3n) is 3.45. The third kappa shape index (κ3) is 4.51. The number of pyridine rings is 1. The normalized spacial score (nSPS) is 10.3. The van der Waals surface area contributed by atoms with Crippen LogP contribution in [-0.2, 0) is 6.61 Å². The van der Waals surface area contributed by atoms with Gasteiger partial charge in [0.25, 0.3) is 5.91 Å². The van der Waals surface area contributed by atoms with Crippen molar-refractivity contribution in [2.24, 2.45) is 0 Å². The molecule has 25 heavy (non-hydrogen) atoms.